The van der Waals surface area contributed by atoms with Gasteiger partial charge in [-0.1, -0.05) is 30.3 Å². The molecule has 1 unspecified atom stereocenters. The number of nitrogens with zero attached hydrogens (tertiary/aromatic N) is 1. The summed E-state index contributed by atoms with van der Waals surface area (Å²) in [6.45, 7) is 1.97. The van der Waals surface area contributed by atoms with Crippen molar-refractivity contribution >= 4 is 22.4 Å². The maximum Gasteiger partial charge on any atom is 0.265 e. The standard InChI is InChI=1S/C22H20FNO2/c1-15-6-7-18-12-19(23)9-11-21(18)24(15)22(25)14-26-20-10-8-16-4-2-3-5-17(16)13-20/h2-5,8-13,15H,6-7,14H2,1H3. The number of halogens is 1. The van der Waals surface area contributed by atoms with Crippen molar-refractivity contribution in [1.82, 2.24) is 0 Å². The lowest BCUT2D eigenvalue weighted by atomic mass is 9.96. The summed E-state index contributed by atoms with van der Waals surface area (Å²) in [6, 6.07) is 18.5. The number of amides is 1. The highest BCUT2D eigenvalue weighted by atomic mass is 19.1. The first kappa shape index (κ1) is 16.6. The molecule has 26 heavy (non-hydrogen) atoms. The maximum absolute atomic E-state index is 13.5. The number of carbonyl (C=O) groups excluding carboxylic acids is 1. The second kappa shape index (κ2) is 6.79. The molecule has 4 rings (SSSR count). The third-order valence-corrected chi connectivity index (χ3v) is 4.93. The van der Waals surface area contributed by atoms with E-state index in [1.165, 1.54) is 12.1 Å². The zero-order valence-corrected chi connectivity index (χ0v) is 14.6. The molecule has 0 spiro atoms. The molecule has 0 fully saturated rings. The number of aryl methyl sites for hydroxylation is 1. The zero-order chi connectivity index (χ0) is 18.1. The largest absolute Gasteiger partial charge is 0.484 e. The number of rotatable bonds is 3. The SMILES string of the molecule is CC1CCc2cc(F)ccc2N1C(=O)COc1ccc2ccccc2c1. The monoisotopic (exact) mass is 349 g/mol. The molecular formula is C22H20FNO2. The number of carbonyl (C=O) groups is 1. The minimum absolute atomic E-state index is 0.0422. The molecule has 0 aromatic heterocycles. The van der Waals surface area contributed by atoms with Crippen LogP contribution in [-0.4, -0.2) is 18.6 Å². The van der Waals surface area contributed by atoms with Crippen LogP contribution < -0.4 is 9.64 Å². The van der Waals surface area contributed by atoms with Crippen LogP contribution in [0.15, 0.2) is 60.7 Å². The van der Waals surface area contributed by atoms with Crippen LogP contribution in [0.4, 0.5) is 10.1 Å². The predicted octanol–water partition coefficient (Wildman–Crippen LogP) is 4.73. The van der Waals surface area contributed by atoms with Crippen molar-refractivity contribution in [1.29, 1.82) is 0 Å². The van der Waals surface area contributed by atoms with Crippen LogP contribution in [-0.2, 0) is 11.2 Å². The fourth-order valence-corrected chi connectivity index (χ4v) is 3.57. The summed E-state index contributed by atoms with van der Waals surface area (Å²) in [5, 5.41) is 2.20. The van der Waals surface area contributed by atoms with Crippen LogP contribution in [0.25, 0.3) is 10.8 Å². The van der Waals surface area contributed by atoms with Crippen molar-refractivity contribution in [2.45, 2.75) is 25.8 Å². The molecule has 1 amide bonds. The second-order valence-corrected chi connectivity index (χ2v) is 6.72. The molecule has 0 radical (unpaired) electrons. The zero-order valence-electron chi connectivity index (χ0n) is 14.6. The highest BCUT2D eigenvalue weighted by molar-refractivity contribution is 5.96. The number of anilines is 1. The molecular weight excluding hydrogens is 329 g/mol. The fraction of sp³-hybridized carbons (Fsp3) is 0.227. The predicted molar refractivity (Wildman–Crippen MR) is 101 cm³/mol. The molecule has 132 valence electrons. The van der Waals surface area contributed by atoms with Crippen molar-refractivity contribution in [3.63, 3.8) is 0 Å². The average molecular weight is 349 g/mol. The van der Waals surface area contributed by atoms with Gasteiger partial charge in [-0.05, 0) is 66.4 Å². The van der Waals surface area contributed by atoms with E-state index in [9.17, 15) is 9.18 Å². The van der Waals surface area contributed by atoms with E-state index in [0.717, 1.165) is 34.9 Å². The van der Waals surface area contributed by atoms with Crippen LogP contribution >= 0.6 is 0 Å². The lowest BCUT2D eigenvalue weighted by molar-refractivity contribution is -0.121. The van der Waals surface area contributed by atoms with Crippen molar-refractivity contribution < 1.29 is 13.9 Å². The van der Waals surface area contributed by atoms with Gasteiger partial charge in [0.1, 0.15) is 11.6 Å². The normalized spacial score (nSPS) is 16.4. The quantitative estimate of drug-likeness (QED) is 0.684. The minimum atomic E-state index is -0.266. The summed E-state index contributed by atoms with van der Waals surface area (Å²) in [5.41, 5.74) is 1.67. The Labute approximate surface area is 152 Å². The van der Waals surface area contributed by atoms with Gasteiger partial charge in [0.2, 0.25) is 0 Å². The third-order valence-electron chi connectivity index (χ3n) is 4.93. The van der Waals surface area contributed by atoms with E-state index in [4.69, 9.17) is 4.74 Å². The van der Waals surface area contributed by atoms with E-state index in [2.05, 4.69) is 0 Å². The lowest BCUT2D eigenvalue weighted by Gasteiger charge is -2.35. The second-order valence-electron chi connectivity index (χ2n) is 6.72. The van der Waals surface area contributed by atoms with Crippen molar-refractivity contribution in [2.24, 2.45) is 0 Å². The highest BCUT2D eigenvalue weighted by Crippen LogP contribution is 2.31. The van der Waals surface area contributed by atoms with Gasteiger partial charge in [0.15, 0.2) is 6.61 Å². The van der Waals surface area contributed by atoms with Crippen molar-refractivity contribution in [2.75, 3.05) is 11.5 Å². The Balaban J connectivity index is 1.52. The first-order valence-corrected chi connectivity index (χ1v) is 8.84. The van der Waals surface area contributed by atoms with E-state index >= 15 is 0 Å². The van der Waals surface area contributed by atoms with Gasteiger partial charge in [0.25, 0.3) is 5.91 Å². The molecule has 0 N–H and O–H groups in total. The lowest BCUT2D eigenvalue weighted by Crippen LogP contribution is -2.44. The number of ether oxygens (including phenoxy) is 1. The summed E-state index contributed by atoms with van der Waals surface area (Å²) >= 11 is 0. The first-order chi connectivity index (χ1) is 12.6. The topological polar surface area (TPSA) is 29.5 Å². The summed E-state index contributed by atoms with van der Waals surface area (Å²) in [7, 11) is 0. The van der Waals surface area contributed by atoms with E-state index in [0.29, 0.717) is 5.75 Å². The summed E-state index contributed by atoms with van der Waals surface area (Å²) < 4.78 is 19.2. The third kappa shape index (κ3) is 3.15. The molecule has 0 saturated heterocycles. The minimum Gasteiger partial charge on any atom is -0.484 e. The van der Waals surface area contributed by atoms with Gasteiger partial charge in [0.05, 0.1) is 0 Å². The van der Waals surface area contributed by atoms with Gasteiger partial charge < -0.3 is 9.64 Å². The molecule has 1 heterocycles. The van der Waals surface area contributed by atoms with Gasteiger partial charge in [-0.2, -0.15) is 0 Å². The van der Waals surface area contributed by atoms with Crippen molar-refractivity contribution in [3.05, 3.63) is 72.0 Å². The molecule has 1 aliphatic rings. The number of fused-ring (bicyclic) bond motifs is 2. The van der Waals surface area contributed by atoms with E-state index < -0.39 is 0 Å². The molecule has 3 aromatic carbocycles. The van der Waals surface area contributed by atoms with Gasteiger partial charge in [-0.15, -0.1) is 0 Å². The summed E-state index contributed by atoms with van der Waals surface area (Å²) in [5.74, 6) is 0.289. The summed E-state index contributed by atoms with van der Waals surface area (Å²) in [4.78, 5) is 14.5. The first-order valence-electron chi connectivity index (χ1n) is 8.84. The molecule has 0 saturated carbocycles. The Morgan fingerprint density at radius 1 is 1.12 bits per heavy atom. The summed E-state index contributed by atoms with van der Waals surface area (Å²) in [6.07, 6.45) is 1.60. The van der Waals surface area contributed by atoms with Crippen LogP contribution in [0.3, 0.4) is 0 Å². The number of hydrogen-bond acceptors (Lipinski definition) is 2. The van der Waals surface area contributed by atoms with Gasteiger partial charge in [0, 0.05) is 11.7 Å². The van der Waals surface area contributed by atoms with E-state index in [-0.39, 0.29) is 24.4 Å². The van der Waals surface area contributed by atoms with Crippen molar-refractivity contribution in [3.8, 4) is 5.75 Å². The van der Waals surface area contributed by atoms with Crippen LogP contribution in [0.1, 0.15) is 18.9 Å². The molecule has 4 heteroatoms. The number of hydrogen-bond donors (Lipinski definition) is 0. The van der Waals surface area contributed by atoms with Crippen LogP contribution in [0.5, 0.6) is 5.75 Å². The molecule has 1 aliphatic heterocycles. The molecule has 3 nitrogen and oxygen atoms in total. The van der Waals surface area contributed by atoms with E-state index in [1.54, 1.807) is 11.0 Å². The van der Waals surface area contributed by atoms with Crippen LogP contribution in [0.2, 0.25) is 0 Å². The maximum atomic E-state index is 13.5. The molecule has 0 aliphatic carbocycles. The molecule has 0 bridgehead atoms. The van der Waals surface area contributed by atoms with Crippen LogP contribution in [0, 0.1) is 5.82 Å². The Hall–Kier alpha value is -2.88. The Morgan fingerprint density at radius 2 is 1.92 bits per heavy atom. The van der Waals surface area contributed by atoms with Gasteiger partial charge in [-0.25, -0.2) is 4.39 Å². The Kier molecular flexibility index (Phi) is 4.33. The average Bonchev–Trinajstić information content (AvgIpc) is 2.66. The van der Waals surface area contributed by atoms with Gasteiger partial charge in [-0.3, -0.25) is 4.79 Å². The Morgan fingerprint density at radius 3 is 2.77 bits per heavy atom. The number of benzene rings is 3. The smallest absolute Gasteiger partial charge is 0.265 e. The fourth-order valence-electron chi connectivity index (χ4n) is 3.57. The van der Waals surface area contributed by atoms with E-state index in [1.807, 2.05) is 49.4 Å². The van der Waals surface area contributed by atoms with Gasteiger partial charge >= 0.3 is 0 Å². The highest BCUT2D eigenvalue weighted by Gasteiger charge is 2.28. The molecule has 3 aromatic rings. The molecule has 1 atom stereocenters. The Bertz CT molecular complexity index is 969.